The quantitative estimate of drug-likeness (QED) is 0.391. The Morgan fingerprint density at radius 2 is 2.12 bits per heavy atom. The van der Waals surface area contributed by atoms with Gasteiger partial charge >= 0.3 is 0 Å². The molecule has 0 aliphatic rings. The minimum Gasteiger partial charge on any atom is -0.504 e. The third kappa shape index (κ3) is 4.28. The van der Waals surface area contributed by atoms with Crippen molar-refractivity contribution in [2.75, 3.05) is 7.11 Å². The van der Waals surface area contributed by atoms with Gasteiger partial charge in [-0.25, -0.2) is 5.10 Å². The molecule has 0 aliphatic heterocycles. The lowest BCUT2D eigenvalue weighted by Gasteiger charge is -2.04. The van der Waals surface area contributed by atoms with Crippen LogP contribution in [0, 0.1) is 4.77 Å². The molecule has 0 spiro atoms. The fraction of sp³-hybridized carbons (Fsp3) is 0.118. The number of ether oxygens (including phenoxy) is 1. The van der Waals surface area contributed by atoms with Gasteiger partial charge in [0.05, 0.1) is 13.3 Å². The van der Waals surface area contributed by atoms with Crippen LogP contribution < -0.4 is 4.74 Å². The lowest BCUT2D eigenvalue weighted by Crippen LogP contribution is -1.95. The summed E-state index contributed by atoms with van der Waals surface area (Å²) in [7, 11) is 1.50. The molecule has 0 saturated heterocycles. The van der Waals surface area contributed by atoms with Gasteiger partial charge in [0.15, 0.2) is 11.5 Å². The molecule has 0 radical (unpaired) electrons. The van der Waals surface area contributed by atoms with Crippen molar-refractivity contribution in [2.24, 2.45) is 5.10 Å². The molecule has 3 rings (SSSR count). The van der Waals surface area contributed by atoms with E-state index in [1.165, 1.54) is 12.7 Å². The van der Waals surface area contributed by atoms with Crippen LogP contribution in [0.15, 0.2) is 58.8 Å². The van der Waals surface area contributed by atoms with Gasteiger partial charge in [0.1, 0.15) is 0 Å². The number of methoxy groups -OCH3 is 1. The summed E-state index contributed by atoms with van der Waals surface area (Å²) in [6.45, 7) is 0. The van der Waals surface area contributed by atoms with Crippen LogP contribution in [0.5, 0.6) is 11.5 Å². The molecule has 1 aromatic heterocycles. The average molecular weight is 372 g/mol. The van der Waals surface area contributed by atoms with Crippen LogP contribution in [-0.4, -0.2) is 33.3 Å². The second-order valence-corrected chi connectivity index (χ2v) is 6.40. The molecule has 3 aromatic rings. The van der Waals surface area contributed by atoms with E-state index >= 15 is 0 Å². The van der Waals surface area contributed by atoms with Gasteiger partial charge in [-0.15, -0.1) is 5.10 Å². The second kappa shape index (κ2) is 8.00. The Morgan fingerprint density at radius 3 is 2.88 bits per heavy atom. The molecular formula is C17H16N4O2S2. The Bertz CT molecular complexity index is 935. The molecular weight excluding hydrogens is 356 g/mol. The molecule has 8 heteroatoms. The Kier molecular flexibility index (Phi) is 5.52. The number of nitrogens with zero attached hydrogens (tertiary/aromatic N) is 3. The number of rotatable bonds is 6. The maximum atomic E-state index is 9.64. The highest BCUT2D eigenvalue weighted by Crippen LogP contribution is 2.26. The van der Waals surface area contributed by atoms with Crippen LogP contribution in [0.25, 0.3) is 0 Å². The third-order valence-corrected chi connectivity index (χ3v) is 4.62. The summed E-state index contributed by atoms with van der Waals surface area (Å²) in [5, 5.41) is 21.7. The van der Waals surface area contributed by atoms with Crippen molar-refractivity contribution in [3.63, 3.8) is 0 Å². The zero-order valence-corrected chi connectivity index (χ0v) is 15.0. The number of nitrogens with one attached hydrogen (secondary N) is 1. The summed E-state index contributed by atoms with van der Waals surface area (Å²) in [4.78, 5) is 0. The standard InChI is InChI=1S/C17H16N4O2S2/c1-23-15-9-13(7-8-14(15)22)10-18-21-16(24)19-20-17(21)25-11-12-5-3-2-4-6-12/h2-10,22H,11H2,1H3,(H,19,24)/b18-10+. The normalized spacial score (nSPS) is 11.1. The van der Waals surface area contributed by atoms with Gasteiger partial charge in [0.25, 0.3) is 0 Å². The molecule has 0 fully saturated rings. The minimum atomic E-state index is 0.0821. The van der Waals surface area contributed by atoms with Crippen molar-refractivity contribution in [2.45, 2.75) is 10.9 Å². The topological polar surface area (TPSA) is 75.4 Å². The first-order valence-corrected chi connectivity index (χ1v) is 8.82. The summed E-state index contributed by atoms with van der Waals surface area (Å²) >= 11 is 6.78. The van der Waals surface area contributed by atoms with E-state index in [9.17, 15) is 5.11 Å². The third-order valence-electron chi connectivity index (χ3n) is 3.36. The molecule has 0 amide bonds. The largest absolute Gasteiger partial charge is 0.504 e. The summed E-state index contributed by atoms with van der Waals surface area (Å²) in [6, 6.07) is 15.1. The smallest absolute Gasteiger partial charge is 0.217 e. The van der Waals surface area contributed by atoms with Gasteiger partial charge in [-0.2, -0.15) is 9.78 Å². The van der Waals surface area contributed by atoms with Crippen molar-refractivity contribution >= 4 is 30.2 Å². The van der Waals surface area contributed by atoms with Crippen LogP contribution >= 0.6 is 24.0 Å². The van der Waals surface area contributed by atoms with Gasteiger partial charge in [0, 0.05) is 5.75 Å². The van der Waals surface area contributed by atoms with E-state index in [-0.39, 0.29) is 5.75 Å². The lowest BCUT2D eigenvalue weighted by atomic mass is 10.2. The first kappa shape index (κ1) is 17.2. The number of aromatic nitrogens is 3. The summed E-state index contributed by atoms with van der Waals surface area (Å²) in [5.74, 6) is 1.24. The van der Waals surface area contributed by atoms with Gasteiger partial charge in [-0.1, -0.05) is 42.1 Å². The van der Waals surface area contributed by atoms with Gasteiger partial charge in [0.2, 0.25) is 9.93 Å². The number of benzene rings is 2. The van der Waals surface area contributed by atoms with Gasteiger partial charge in [-0.3, -0.25) is 0 Å². The molecule has 0 unspecified atom stereocenters. The molecule has 1 heterocycles. The zero-order valence-electron chi connectivity index (χ0n) is 13.4. The number of aromatic hydroxyl groups is 1. The number of hydrogen-bond donors (Lipinski definition) is 2. The molecule has 128 valence electrons. The molecule has 0 saturated carbocycles. The Balaban J connectivity index is 1.78. The number of aromatic amines is 1. The van der Waals surface area contributed by atoms with Crippen LogP contribution in [0.1, 0.15) is 11.1 Å². The first-order valence-electron chi connectivity index (χ1n) is 7.43. The first-order chi connectivity index (χ1) is 12.2. The van der Waals surface area contributed by atoms with Gasteiger partial charge < -0.3 is 9.84 Å². The predicted octanol–water partition coefficient (Wildman–Crippen LogP) is 3.83. The van der Waals surface area contributed by atoms with Crippen LogP contribution in [0.3, 0.4) is 0 Å². The maximum absolute atomic E-state index is 9.64. The molecule has 0 atom stereocenters. The van der Waals surface area contributed by atoms with E-state index in [1.807, 2.05) is 18.2 Å². The second-order valence-electron chi connectivity index (χ2n) is 5.07. The highest BCUT2D eigenvalue weighted by Gasteiger charge is 2.07. The summed E-state index contributed by atoms with van der Waals surface area (Å²) < 4.78 is 7.08. The lowest BCUT2D eigenvalue weighted by molar-refractivity contribution is 0.373. The number of phenolic OH excluding ortho intramolecular Hbond substituents is 1. The molecule has 2 aromatic carbocycles. The Labute approximate surface area is 154 Å². The fourth-order valence-corrected chi connectivity index (χ4v) is 3.19. The van der Waals surface area contributed by atoms with Crippen molar-refractivity contribution in [3.05, 3.63) is 64.4 Å². The number of hydrogen-bond acceptors (Lipinski definition) is 6. The Morgan fingerprint density at radius 1 is 1.32 bits per heavy atom. The van der Waals surface area contributed by atoms with Crippen LogP contribution in [0.4, 0.5) is 0 Å². The molecule has 0 bridgehead atoms. The molecule has 25 heavy (non-hydrogen) atoms. The number of phenols is 1. The maximum Gasteiger partial charge on any atom is 0.217 e. The van der Waals surface area contributed by atoms with E-state index in [2.05, 4.69) is 27.4 Å². The summed E-state index contributed by atoms with van der Waals surface area (Å²) in [6.07, 6.45) is 1.64. The van der Waals surface area contributed by atoms with Crippen molar-refractivity contribution in [1.82, 2.24) is 14.9 Å². The number of H-pyrrole nitrogens is 1. The molecule has 2 N–H and O–H groups in total. The monoisotopic (exact) mass is 372 g/mol. The van der Waals surface area contributed by atoms with E-state index < -0.39 is 0 Å². The predicted molar refractivity (Wildman–Crippen MR) is 101 cm³/mol. The van der Waals surface area contributed by atoms with Gasteiger partial charge in [-0.05, 0) is 41.5 Å². The number of thioether (sulfide) groups is 1. The van der Waals surface area contributed by atoms with Crippen LogP contribution in [0.2, 0.25) is 0 Å². The molecule has 0 aliphatic carbocycles. The minimum absolute atomic E-state index is 0.0821. The Hall–Kier alpha value is -2.58. The SMILES string of the molecule is COc1cc(/C=N/n2c(SCc3ccccc3)n[nH]c2=S)ccc1O. The van der Waals surface area contributed by atoms with Crippen molar-refractivity contribution in [3.8, 4) is 11.5 Å². The van der Waals surface area contributed by atoms with E-state index in [0.717, 1.165) is 11.3 Å². The van der Waals surface area contributed by atoms with E-state index in [0.29, 0.717) is 15.7 Å². The average Bonchev–Trinajstić information content (AvgIpc) is 3.00. The van der Waals surface area contributed by atoms with E-state index in [4.69, 9.17) is 17.0 Å². The highest BCUT2D eigenvalue weighted by atomic mass is 32.2. The molecule has 6 nitrogen and oxygen atoms in total. The fourth-order valence-electron chi connectivity index (χ4n) is 2.09. The van der Waals surface area contributed by atoms with Crippen LogP contribution in [-0.2, 0) is 5.75 Å². The highest BCUT2D eigenvalue weighted by molar-refractivity contribution is 7.98. The summed E-state index contributed by atoms with van der Waals surface area (Å²) in [5.41, 5.74) is 1.97. The van der Waals surface area contributed by atoms with Crippen molar-refractivity contribution in [1.29, 1.82) is 0 Å². The van der Waals surface area contributed by atoms with Crippen molar-refractivity contribution < 1.29 is 9.84 Å². The zero-order chi connectivity index (χ0) is 17.6. The van der Waals surface area contributed by atoms with E-state index in [1.54, 1.807) is 40.9 Å².